The molecule has 0 aliphatic rings. The quantitative estimate of drug-likeness (QED) is 0.166. The third kappa shape index (κ3) is 16.8. The Bertz CT molecular complexity index is 428. The Morgan fingerprint density at radius 2 is 1.61 bits per heavy atom. The molecule has 0 rings (SSSR count). The Morgan fingerprint density at radius 1 is 1.00 bits per heavy atom. The van der Waals surface area contributed by atoms with Crippen LogP contribution >= 0.6 is 0 Å². The summed E-state index contributed by atoms with van der Waals surface area (Å²) in [6.45, 7) is 1.83. The molecule has 0 fully saturated rings. The van der Waals surface area contributed by atoms with Gasteiger partial charge in [-0.25, -0.2) is 0 Å². The summed E-state index contributed by atoms with van der Waals surface area (Å²) in [6.07, 6.45) is 24.5. The monoisotopic (exact) mass is 393 g/mol. The van der Waals surface area contributed by atoms with E-state index in [0.29, 0.717) is 6.42 Å². The summed E-state index contributed by atoms with van der Waals surface area (Å²) in [5, 5.41) is 22.3. The zero-order valence-electron chi connectivity index (χ0n) is 18.0. The summed E-state index contributed by atoms with van der Waals surface area (Å²) < 4.78 is 0. The van der Waals surface area contributed by atoms with Crippen LogP contribution in [0.3, 0.4) is 0 Å². The smallest absolute Gasteiger partial charge is 0.220 e. The molecule has 4 heteroatoms. The number of aliphatic hydroxyl groups is 2. The fraction of sp³-hybridized carbons (Fsp3) is 0.792. The zero-order chi connectivity index (χ0) is 20.9. The number of amides is 1. The van der Waals surface area contributed by atoms with E-state index >= 15 is 0 Å². The molecular formula is C24H43NO3. The Morgan fingerprint density at radius 3 is 2.18 bits per heavy atom. The van der Waals surface area contributed by atoms with E-state index in [2.05, 4.69) is 18.2 Å². The van der Waals surface area contributed by atoms with Crippen LogP contribution in [-0.2, 0) is 4.79 Å². The van der Waals surface area contributed by atoms with Crippen molar-refractivity contribution in [3.8, 4) is 12.3 Å². The van der Waals surface area contributed by atoms with Crippen molar-refractivity contribution < 1.29 is 15.0 Å². The average molecular weight is 394 g/mol. The second-order valence-electron chi connectivity index (χ2n) is 7.66. The van der Waals surface area contributed by atoms with Gasteiger partial charge in [0.15, 0.2) is 0 Å². The van der Waals surface area contributed by atoms with Crippen molar-refractivity contribution in [3.05, 3.63) is 12.2 Å². The van der Waals surface area contributed by atoms with Gasteiger partial charge in [-0.1, -0.05) is 76.9 Å². The van der Waals surface area contributed by atoms with Gasteiger partial charge >= 0.3 is 0 Å². The molecule has 0 radical (unpaired) electrons. The maximum atomic E-state index is 11.8. The third-order valence-corrected chi connectivity index (χ3v) is 4.99. The number of hydrogen-bond donors (Lipinski definition) is 3. The molecule has 0 aromatic carbocycles. The van der Waals surface area contributed by atoms with Gasteiger partial charge in [0.05, 0.1) is 18.8 Å². The molecule has 0 saturated heterocycles. The summed E-state index contributed by atoms with van der Waals surface area (Å²) in [5.74, 6) is 2.58. The molecule has 4 nitrogen and oxygen atoms in total. The van der Waals surface area contributed by atoms with Gasteiger partial charge in [0.1, 0.15) is 0 Å². The average Bonchev–Trinajstić information content (AvgIpc) is 2.69. The molecule has 0 aliphatic carbocycles. The fourth-order valence-corrected chi connectivity index (χ4v) is 3.15. The second-order valence-corrected chi connectivity index (χ2v) is 7.66. The van der Waals surface area contributed by atoms with Crippen molar-refractivity contribution in [2.75, 3.05) is 6.61 Å². The van der Waals surface area contributed by atoms with Crippen molar-refractivity contribution in [2.45, 2.75) is 115 Å². The lowest BCUT2D eigenvalue weighted by Crippen LogP contribution is -2.45. The first kappa shape index (κ1) is 26.7. The molecule has 3 N–H and O–H groups in total. The van der Waals surface area contributed by atoms with Gasteiger partial charge in [0.25, 0.3) is 0 Å². The number of terminal acetylenes is 1. The van der Waals surface area contributed by atoms with Crippen LogP contribution in [0.2, 0.25) is 0 Å². The number of unbranched alkanes of at least 4 members (excludes halogenated alkanes) is 12. The Hall–Kier alpha value is -1.31. The zero-order valence-corrected chi connectivity index (χ0v) is 18.0. The maximum absolute atomic E-state index is 11.8. The standard InChI is InChI=1S/C24H43NO3/c1-3-5-7-8-9-10-11-12-13-14-15-16-18-19-23(27)22(21-26)25-24(28)20-17-6-4-2/h1,18-19,22-23,26-27H,4-17,20-21H2,2H3,(H,25,28)/b19-18+/t22-,23+/m0/s1. The van der Waals surface area contributed by atoms with Gasteiger partial charge in [-0.2, -0.15) is 0 Å². The highest BCUT2D eigenvalue weighted by Gasteiger charge is 2.17. The van der Waals surface area contributed by atoms with Gasteiger partial charge in [0, 0.05) is 12.8 Å². The molecule has 0 unspecified atom stereocenters. The Labute approximate surface area is 173 Å². The highest BCUT2D eigenvalue weighted by atomic mass is 16.3. The Kier molecular flexibility index (Phi) is 19.5. The fourth-order valence-electron chi connectivity index (χ4n) is 3.15. The highest BCUT2D eigenvalue weighted by Crippen LogP contribution is 2.11. The molecule has 0 spiro atoms. The van der Waals surface area contributed by atoms with Crippen molar-refractivity contribution in [1.82, 2.24) is 5.32 Å². The summed E-state index contributed by atoms with van der Waals surface area (Å²) in [4.78, 5) is 11.8. The van der Waals surface area contributed by atoms with Gasteiger partial charge in [-0.15, -0.1) is 12.3 Å². The summed E-state index contributed by atoms with van der Waals surface area (Å²) in [5.41, 5.74) is 0. The minimum Gasteiger partial charge on any atom is -0.394 e. The van der Waals surface area contributed by atoms with Gasteiger partial charge < -0.3 is 15.5 Å². The van der Waals surface area contributed by atoms with Crippen LogP contribution in [0.25, 0.3) is 0 Å². The molecule has 28 heavy (non-hydrogen) atoms. The van der Waals surface area contributed by atoms with E-state index in [0.717, 1.165) is 44.9 Å². The number of allylic oxidation sites excluding steroid dienone is 1. The van der Waals surface area contributed by atoms with E-state index in [9.17, 15) is 15.0 Å². The number of hydrogen-bond acceptors (Lipinski definition) is 3. The lowest BCUT2D eigenvalue weighted by atomic mass is 10.1. The lowest BCUT2D eigenvalue weighted by molar-refractivity contribution is -0.123. The van der Waals surface area contributed by atoms with Crippen molar-refractivity contribution in [1.29, 1.82) is 0 Å². The van der Waals surface area contributed by atoms with E-state index in [1.165, 1.54) is 44.9 Å². The van der Waals surface area contributed by atoms with E-state index in [-0.39, 0.29) is 12.5 Å². The van der Waals surface area contributed by atoms with Crippen LogP contribution in [-0.4, -0.2) is 34.9 Å². The second kappa shape index (κ2) is 20.4. The van der Waals surface area contributed by atoms with E-state index in [1.54, 1.807) is 6.08 Å². The maximum Gasteiger partial charge on any atom is 0.220 e. The number of nitrogens with one attached hydrogen (secondary N) is 1. The summed E-state index contributed by atoms with van der Waals surface area (Å²) >= 11 is 0. The normalized spacial score (nSPS) is 13.4. The number of rotatable bonds is 19. The third-order valence-electron chi connectivity index (χ3n) is 4.99. The summed E-state index contributed by atoms with van der Waals surface area (Å²) in [6, 6.07) is -0.619. The Balaban J connectivity index is 3.68. The minimum atomic E-state index is -0.838. The van der Waals surface area contributed by atoms with Crippen molar-refractivity contribution in [2.24, 2.45) is 0 Å². The predicted molar refractivity (Wildman–Crippen MR) is 118 cm³/mol. The molecule has 0 heterocycles. The van der Waals surface area contributed by atoms with Gasteiger partial charge in [0.2, 0.25) is 5.91 Å². The molecule has 0 saturated carbocycles. The minimum absolute atomic E-state index is 0.101. The lowest BCUT2D eigenvalue weighted by Gasteiger charge is -2.19. The first-order chi connectivity index (χ1) is 13.7. The van der Waals surface area contributed by atoms with Crippen LogP contribution in [0.1, 0.15) is 103 Å². The molecule has 1 amide bonds. The van der Waals surface area contributed by atoms with Crippen molar-refractivity contribution >= 4 is 5.91 Å². The molecule has 2 atom stereocenters. The van der Waals surface area contributed by atoms with Crippen molar-refractivity contribution in [3.63, 3.8) is 0 Å². The first-order valence-electron chi connectivity index (χ1n) is 11.3. The predicted octanol–water partition coefficient (Wildman–Crippen LogP) is 4.89. The molecule has 0 aliphatic heterocycles. The number of carbonyl (C=O) groups excluding carboxylic acids is 1. The molecule has 0 aromatic heterocycles. The molecule has 162 valence electrons. The summed E-state index contributed by atoms with van der Waals surface area (Å²) in [7, 11) is 0. The van der Waals surface area contributed by atoms with Gasteiger partial charge in [-0.3, -0.25) is 4.79 Å². The molecule has 0 bridgehead atoms. The van der Waals surface area contributed by atoms with Crippen LogP contribution in [0.15, 0.2) is 12.2 Å². The van der Waals surface area contributed by atoms with Crippen LogP contribution in [0, 0.1) is 12.3 Å². The largest absolute Gasteiger partial charge is 0.394 e. The van der Waals surface area contributed by atoms with Crippen LogP contribution in [0.5, 0.6) is 0 Å². The number of carbonyl (C=O) groups is 1. The topological polar surface area (TPSA) is 69.6 Å². The first-order valence-corrected chi connectivity index (χ1v) is 11.3. The highest BCUT2D eigenvalue weighted by molar-refractivity contribution is 5.76. The van der Waals surface area contributed by atoms with E-state index in [4.69, 9.17) is 6.42 Å². The molecule has 0 aromatic rings. The van der Waals surface area contributed by atoms with E-state index in [1.807, 2.05) is 6.08 Å². The molecular weight excluding hydrogens is 350 g/mol. The number of aliphatic hydroxyl groups excluding tert-OH is 2. The van der Waals surface area contributed by atoms with Crippen LogP contribution in [0.4, 0.5) is 0 Å². The SMILES string of the molecule is C#CCCCCCCCCCCC/C=C/[C@@H](O)[C@H](CO)NC(=O)CCCCC. The van der Waals surface area contributed by atoms with Gasteiger partial charge in [-0.05, 0) is 25.7 Å². The van der Waals surface area contributed by atoms with Crippen LogP contribution < -0.4 is 5.32 Å². The van der Waals surface area contributed by atoms with E-state index < -0.39 is 12.1 Å².